The maximum absolute atomic E-state index is 12.3. The molecule has 0 aromatic heterocycles. The molecule has 0 bridgehead atoms. The van der Waals surface area contributed by atoms with Gasteiger partial charge in [-0.25, -0.2) is 0 Å². The summed E-state index contributed by atoms with van der Waals surface area (Å²) in [6.07, 6.45) is 36.4. The number of nitrogens with one attached hydrogen (secondary N) is 1. The quantitative estimate of drug-likeness (QED) is 0.0967. The predicted molar refractivity (Wildman–Crippen MR) is 157 cm³/mol. The van der Waals surface area contributed by atoms with Crippen LogP contribution in [0.25, 0.3) is 0 Å². The summed E-state index contributed by atoms with van der Waals surface area (Å²) in [4.78, 5) is 14.2. The first-order chi connectivity index (χ1) is 17.1. The summed E-state index contributed by atoms with van der Waals surface area (Å²) < 4.78 is 0. The fourth-order valence-electron chi connectivity index (χ4n) is 4.58. The van der Waals surface area contributed by atoms with Crippen molar-refractivity contribution in [1.29, 1.82) is 0 Å². The minimum atomic E-state index is 0.183. The minimum Gasteiger partial charge on any atom is -0.352 e. The molecular weight excluding hydrogens is 428 g/mol. The minimum absolute atomic E-state index is 0.183. The van der Waals surface area contributed by atoms with Crippen LogP contribution in [0.5, 0.6) is 0 Å². The van der Waals surface area contributed by atoms with E-state index in [0.717, 1.165) is 19.3 Å². The van der Waals surface area contributed by atoms with Gasteiger partial charge in [0.15, 0.2) is 0 Å². The molecule has 0 aromatic rings. The van der Waals surface area contributed by atoms with Crippen molar-refractivity contribution in [3.63, 3.8) is 0 Å². The Hall–Kier alpha value is -1.09. The molecule has 0 fully saturated rings. The molecule has 0 radical (unpaired) electrons. The highest BCUT2D eigenvalue weighted by atomic mass is 16.2. The molecule has 0 saturated carbocycles. The van der Waals surface area contributed by atoms with E-state index < -0.39 is 0 Å². The number of carbonyl (C=O) groups is 1. The second-order valence-electron chi connectivity index (χ2n) is 10.8. The fourth-order valence-corrected chi connectivity index (χ4v) is 4.58. The number of rotatable bonds is 26. The van der Waals surface area contributed by atoms with E-state index in [9.17, 15) is 4.79 Å². The molecule has 3 heteroatoms. The molecule has 0 aliphatic rings. The normalized spacial score (nSPS) is 12.8. The van der Waals surface area contributed by atoms with Gasteiger partial charge in [-0.2, -0.15) is 0 Å². The van der Waals surface area contributed by atoms with Crippen LogP contribution in [0, 0.1) is 0 Å². The summed E-state index contributed by atoms with van der Waals surface area (Å²) in [5.74, 6) is 0.183. The molecular formula is C32H62N2O. The summed E-state index contributed by atoms with van der Waals surface area (Å²) in [6.45, 7) is 5.03. The molecule has 1 unspecified atom stereocenters. The molecule has 1 N–H and O–H groups in total. The zero-order valence-electron chi connectivity index (χ0n) is 24.3. The molecule has 0 saturated heterocycles. The van der Waals surface area contributed by atoms with Crippen LogP contribution < -0.4 is 5.32 Å². The van der Waals surface area contributed by atoms with Gasteiger partial charge >= 0.3 is 0 Å². The number of unbranched alkanes of at least 4 members (excludes halogenated alkanes) is 15. The van der Waals surface area contributed by atoms with Crippen LogP contribution >= 0.6 is 0 Å². The van der Waals surface area contributed by atoms with Crippen molar-refractivity contribution < 1.29 is 4.79 Å². The van der Waals surface area contributed by atoms with Gasteiger partial charge in [-0.05, 0) is 59.0 Å². The van der Waals surface area contributed by atoms with Crippen molar-refractivity contribution in [2.75, 3.05) is 20.6 Å². The second kappa shape index (κ2) is 27.5. The van der Waals surface area contributed by atoms with Gasteiger partial charge in [0.1, 0.15) is 0 Å². The van der Waals surface area contributed by atoms with E-state index in [4.69, 9.17) is 0 Å². The molecule has 206 valence electrons. The van der Waals surface area contributed by atoms with Gasteiger partial charge in [0.05, 0.1) is 6.54 Å². The number of carbonyl (C=O) groups excluding carboxylic acids is 1. The number of likely N-dealkylation sites (N-methyl/N-ethyl adjacent to an activating group) is 1. The molecule has 0 rings (SSSR count). The van der Waals surface area contributed by atoms with E-state index in [0.29, 0.717) is 12.6 Å². The maximum atomic E-state index is 12.3. The zero-order valence-corrected chi connectivity index (χ0v) is 24.3. The van der Waals surface area contributed by atoms with Gasteiger partial charge in [0.2, 0.25) is 5.91 Å². The summed E-state index contributed by atoms with van der Waals surface area (Å²) >= 11 is 0. The fraction of sp³-hybridized carbons (Fsp3) is 0.844. The van der Waals surface area contributed by atoms with E-state index in [1.54, 1.807) is 0 Å². The highest BCUT2D eigenvalue weighted by Gasteiger charge is 2.12. The van der Waals surface area contributed by atoms with Crippen molar-refractivity contribution >= 4 is 5.91 Å². The molecule has 1 atom stereocenters. The summed E-state index contributed by atoms with van der Waals surface area (Å²) in [5, 5.41) is 3.32. The molecule has 0 aliphatic carbocycles. The second-order valence-corrected chi connectivity index (χ2v) is 10.8. The standard InChI is InChI=1S/C32H62N2O/c1-5-7-9-11-13-14-15-16-17-18-19-20-21-23-25-27-29-31(33-32(35)30-34(3)4)28-26-24-22-12-10-8-6-2/h13-14,16-17,31H,5-12,15,18-30H2,1-4H3,(H,33,35)/b14-13-,17-16-. The van der Waals surface area contributed by atoms with Gasteiger partial charge in [0, 0.05) is 6.04 Å². The molecule has 35 heavy (non-hydrogen) atoms. The van der Waals surface area contributed by atoms with Crippen LogP contribution in [-0.4, -0.2) is 37.5 Å². The average Bonchev–Trinajstić information content (AvgIpc) is 2.82. The summed E-state index contributed by atoms with van der Waals surface area (Å²) in [7, 11) is 3.93. The van der Waals surface area contributed by atoms with Crippen molar-refractivity contribution in [3.05, 3.63) is 24.3 Å². The van der Waals surface area contributed by atoms with E-state index in [2.05, 4.69) is 43.5 Å². The van der Waals surface area contributed by atoms with Crippen LogP contribution in [0.15, 0.2) is 24.3 Å². The van der Waals surface area contributed by atoms with E-state index in [-0.39, 0.29) is 5.91 Å². The lowest BCUT2D eigenvalue weighted by molar-refractivity contribution is -0.122. The molecule has 0 aliphatic heterocycles. The Morgan fingerprint density at radius 1 is 0.629 bits per heavy atom. The first-order valence-electron chi connectivity index (χ1n) is 15.3. The van der Waals surface area contributed by atoms with Gasteiger partial charge < -0.3 is 10.2 Å². The van der Waals surface area contributed by atoms with Gasteiger partial charge in [-0.3, -0.25) is 4.79 Å². The third-order valence-corrected chi connectivity index (χ3v) is 6.73. The van der Waals surface area contributed by atoms with Gasteiger partial charge in [-0.15, -0.1) is 0 Å². The molecule has 0 heterocycles. The highest BCUT2D eigenvalue weighted by molar-refractivity contribution is 5.78. The smallest absolute Gasteiger partial charge is 0.234 e. The number of allylic oxidation sites excluding steroid dienone is 4. The summed E-state index contributed by atoms with van der Waals surface area (Å²) in [6, 6.07) is 0.365. The molecule has 0 aromatic carbocycles. The Balaban J connectivity index is 3.84. The Bertz CT molecular complexity index is 498. The Labute approximate surface area is 220 Å². The Kier molecular flexibility index (Phi) is 26.6. The maximum Gasteiger partial charge on any atom is 0.234 e. The van der Waals surface area contributed by atoms with Crippen molar-refractivity contribution in [3.8, 4) is 0 Å². The lowest BCUT2D eigenvalue weighted by Crippen LogP contribution is -2.40. The SMILES string of the molecule is CCCCC/C=C\C/C=C\CCCCCCCCC(CCCCCCCCC)NC(=O)CN(C)C. The number of nitrogens with zero attached hydrogens (tertiary/aromatic N) is 1. The monoisotopic (exact) mass is 490 g/mol. The van der Waals surface area contributed by atoms with Crippen molar-refractivity contribution in [2.24, 2.45) is 0 Å². The summed E-state index contributed by atoms with van der Waals surface area (Å²) in [5.41, 5.74) is 0. The van der Waals surface area contributed by atoms with Crippen LogP contribution in [0.2, 0.25) is 0 Å². The van der Waals surface area contributed by atoms with Crippen molar-refractivity contribution in [2.45, 2.75) is 155 Å². The number of hydrogen-bond acceptors (Lipinski definition) is 2. The lowest BCUT2D eigenvalue weighted by Gasteiger charge is -2.20. The van der Waals surface area contributed by atoms with Crippen LogP contribution in [-0.2, 0) is 4.79 Å². The van der Waals surface area contributed by atoms with Crippen LogP contribution in [0.4, 0.5) is 0 Å². The van der Waals surface area contributed by atoms with Crippen molar-refractivity contribution in [1.82, 2.24) is 10.2 Å². The molecule has 0 spiro atoms. The zero-order chi connectivity index (χ0) is 25.8. The van der Waals surface area contributed by atoms with Gasteiger partial charge in [-0.1, -0.05) is 128 Å². The third kappa shape index (κ3) is 27.3. The average molecular weight is 491 g/mol. The van der Waals surface area contributed by atoms with E-state index in [1.807, 2.05) is 19.0 Å². The Morgan fingerprint density at radius 3 is 1.57 bits per heavy atom. The first-order valence-corrected chi connectivity index (χ1v) is 15.3. The number of hydrogen-bond donors (Lipinski definition) is 1. The Morgan fingerprint density at radius 2 is 1.06 bits per heavy atom. The molecule has 3 nitrogen and oxygen atoms in total. The largest absolute Gasteiger partial charge is 0.352 e. The van der Waals surface area contributed by atoms with E-state index in [1.165, 1.54) is 116 Å². The first kappa shape index (κ1) is 33.9. The predicted octanol–water partition coefficient (Wildman–Crippen LogP) is 9.38. The highest BCUT2D eigenvalue weighted by Crippen LogP contribution is 2.15. The third-order valence-electron chi connectivity index (χ3n) is 6.73. The lowest BCUT2D eigenvalue weighted by atomic mass is 9.99. The number of amides is 1. The van der Waals surface area contributed by atoms with Crippen LogP contribution in [0.1, 0.15) is 149 Å². The molecule has 1 amide bonds. The van der Waals surface area contributed by atoms with Crippen LogP contribution in [0.3, 0.4) is 0 Å². The topological polar surface area (TPSA) is 32.3 Å². The van der Waals surface area contributed by atoms with E-state index >= 15 is 0 Å². The van der Waals surface area contributed by atoms with Gasteiger partial charge in [0.25, 0.3) is 0 Å².